The molecule has 0 radical (unpaired) electrons. The average Bonchev–Trinajstić information content (AvgIpc) is 2.26. The zero-order valence-corrected chi connectivity index (χ0v) is 8.69. The third-order valence-corrected chi connectivity index (χ3v) is 2.54. The Morgan fingerprint density at radius 3 is 2.50 bits per heavy atom. The van der Waals surface area contributed by atoms with Crippen molar-refractivity contribution in [3.63, 3.8) is 0 Å². The second-order valence-corrected chi connectivity index (χ2v) is 3.66. The first-order valence-corrected chi connectivity index (χ1v) is 5.21. The summed E-state index contributed by atoms with van der Waals surface area (Å²) in [6.45, 7) is 2.00. The van der Waals surface area contributed by atoms with Crippen LogP contribution in [0.15, 0.2) is 30.3 Å². The number of aryl methyl sites for hydroxylation is 1. The van der Waals surface area contributed by atoms with Crippen molar-refractivity contribution >= 4 is 0 Å². The van der Waals surface area contributed by atoms with Crippen molar-refractivity contribution in [1.82, 2.24) is 0 Å². The minimum atomic E-state index is -0.375. The second kappa shape index (κ2) is 5.78. The minimum absolute atomic E-state index is 0.0845. The molecule has 2 heteroatoms. The smallest absolute Gasteiger partial charge is 0.0694 e. The van der Waals surface area contributed by atoms with Gasteiger partial charge in [-0.3, -0.25) is 0 Å². The van der Waals surface area contributed by atoms with Crippen molar-refractivity contribution in [2.24, 2.45) is 5.73 Å². The molecular formula is C12H19NO. The quantitative estimate of drug-likeness (QED) is 0.748. The first-order chi connectivity index (χ1) is 6.74. The Kier molecular flexibility index (Phi) is 4.63. The van der Waals surface area contributed by atoms with Crippen LogP contribution in [0.1, 0.15) is 25.3 Å². The molecule has 2 unspecified atom stereocenters. The van der Waals surface area contributed by atoms with E-state index >= 15 is 0 Å². The van der Waals surface area contributed by atoms with Gasteiger partial charge in [-0.05, 0) is 24.8 Å². The van der Waals surface area contributed by atoms with Crippen molar-refractivity contribution in [2.75, 3.05) is 0 Å². The van der Waals surface area contributed by atoms with Crippen LogP contribution in [-0.2, 0) is 6.42 Å². The van der Waals surface area contributed by atoms with E-state index in [-0.39, 0.29) is 12.1 Å². The van der Waals surface area contributed by atoms with Crippen molar-refractivity contribution < 1.29 is 5.11 Å². The normalized spacial score (nSPS) is 15.1. The number of rotatable bonds is 5. The van der Waals surface area contributed by atoms with Crippen molar-refractivity contribution in [1.29, 1.82) is 0 Å². The first-order valence-electron chi connectivity index (χ1n) is 5.21. The van der Waals surface area contributed by atoms with E-state index in [1.807, 2.05) is 25.1 Å². The Balaban J connectivity index is 2.34. The molecule has 0 saturated carbocycles. The molecule has 2 nitrogen and oxygen atoms in total. The lowest BCUT2D eigenvalue weighted by molar-refractivity contribution is 0.133. The lowest BCUT2D eigenvalue weighted by Crippen LogP contribution is -2.34. The highest BCUT2D eigenvalue weighted by Crippen LogP contribution is 2.07. The monoisotopic (exact) mass is 193 g/mol. The maximum Gasteiger partial charge on any atom is 0.0694 e. The van der Waals surface area contributed by atoms with Gasteiger partial charge in [0, 0.05) is 6.04 Å². The highest BCUT2D eigenvalue weighted by molar-refractivity contribution is 5.14. The maximum atomic E-state index is 9.65. The van der Waals surface area contributed by atoms with Crippen LogP contribution in [0.2, 0.25) is 0 Å². The number of hydrogen-bond acceptors (Lipinski definition) is 2. The van der Waals surface area contributed by atoms with E-state index < -0.39 is 0 Å². The standard InChI is InChI=1S/C12H19NO/c1-2-11(13)12(14)9-8-10-6-4-3-5-7-10/h3-7,11-12,14H,2,8-9,13H2,1H3. The van der Waals surface area contributed by atoms with Gasteiger partial charge in [0.2, 0.25) is 0 Å². The van der Waals surface area contributed by atoms with E-state index in [1.165, 1.54) is 5.56 Å². The van der Waals surface area contributed by atoms with Gasteiger partial charge >= 0.3 is 0 Å². The highest BCUT2D eigenvalue weighted by atomic mass is 16.3. The van der Waals surface area contributed by atoms with Crippen LogP contribution >= 0.6 is 0 Å². The zero-order chi connectivity index (χ0) is 10.4. The van der Waals surface area contributed by atoms with Gasteiger partial charge in [-0.2, -0.15) is 0 Å². The molecule has 0 aliphatic carbocycles. The number of nitrogens with two attached hydrogens (primary N) is 1. The Hall–Kier alpha value is -0.860. The van der Waals surface area contributed by atoms with Gasteiger partial charge in [0.15, 0.2) is 0 Å². The van der Waals surface area contributed by atoms with Crippen LogP contribution in [0.4, 0.5) is 0 Å². The summed E-state index contributed by atoms with van der Waals surface area (Å²) in [5, 5.41) is 9.65. The number of aliphatic hydroxyl groups is 1. The molecule has 0 fully saturated rings. The molecule has 0 bridgehead atoms. The van der Waals surface area contributed by atoms with Gasteiger partial charge in [0.25, 0.3) is 0 Å². The SMILES string of the molecule is CCC(N)C(O)CCc1ccccc1. The molecule has 1 aromatic rings. The molecule has 0 aliphatic heterocycles. The summed E-state index contributed by atoms with van der Waals surface area (Å²) in [6, 6.07) is 10.1. The first kappa shape index (κ1) is 11.2. The van der Waals surface area contributed by atoms with E-state index in [9.17, 15) is 5.11 Å². The summed E-state index contributed by atoms with van der Waals surface area (Å²) in [5.41, 5.74) is 6.99. The summed E-state index contributed by atoms with van der Waals surface area (Å²) in [7, 11) is 0. The Bertz CT molecular complexity index is 248. The molecule has 0 saturated heterocycles. The Morgan fingerprint density at radius 2 is 1.93 bits per heavy atom. The molecular weight excluding hydrogens is 174 g/mol. The van der Waals surface area contributed by atoms with Gasteiger partial charge < -0.3 is 10.8 Å². The van der Waals surface area contributed by atoms with E-state index in [4.69, 9.17) is 5.73 Å². The third-order valence-electron chi connectivity index (χ3n) is 2.54. The predicted molar refractivity (Wildman–Crippen MR) is 59.0 cm³/mol. The average molecular weight is 193 g/mol. The van der Waals surface area contributed by atoms with Crippen LogP contribution < -0.4 is 5.73 Å². The van der Waals surface area contributed by atoms with Crippen molar-refractivity contribution in [3.05, 3.63) is 35.9 Å². The fourth-order valence-electron chi connectivity index (χ4n) is 1.45. The number of aliphatic hydroxyl groups excluding tert-OH is 1. The zero-order valence-electron chi connectivity index (χ0n) is 8.69. The third kappa shape index (κ3) is 3.48. The molecule has 14 heavy (non-hydrogen) atoms. The lowest BCUT2D eigenvalue weighted by Gasteiger charge is -2.16. The van der Waals surface area contributed by atoms with E-state index in [2.05, 4.69) is 12.1 Å². The fourth-order valence-corrected chi connectivity index (χ4v) is 1.45. The molecule has 3 N–H and O–H groups in total. The maximum absolute atomic E-state index is 9.65. The van der Waals surface area contributed by atoms with Gasteiger partial charge in [0.1, 0.15) is 0 Å². The molecule has 0 spiro atoms. The molecule has 1 rings (SSSR count). The van der Waals surface area contributed by atoms with Gasteiger partial charge in [0.05, 0.1) is 6.10 Å². The number of hydrogen-bond donors (Lipinski definition) is 2. The molecule has 2 atom stereocenters. The lowest BCUT2D eigenvalue weighted by atomic mass is 10.0. The molecule has 0 aromatic heterocycles. The van der Waals surface area contributed by atoms with Crippen LogP contribution in [0.25, 0.3) is 0 Å². The van der Waals surface area contributed by atoms with Crippen LogP contribution in [-0.4, -0.2) is 17.3 Å². The summed E-state index contributed by atoms with van der Waals surface area (Å²) < 4.78 is 0. The summed E-state index contributed by atoms with van der Waals surface area (Å²) in [5.74, 6) is 0. The molecule has 1 aromatic carbocycles. The van der Waals surface area contributed by atoms with Crippen molar-refractivity contribution in [3.8, 4) is 0 Å². The predicted octanol–water partition coefficient (Wildman–Crippen LogP) is 1.72. The van der Waals surface area contributed by atoms with E-state index in [1.54, 1.807) is 0 Å². The topological polar surface area (TPSA) is 46.2 Å². The molecule has 0 amide bonds. The number of benzene rings is 1. The van der Waals surface area contributed by atoms with Gasteiger partial charge in [-0.15, -0.1) is 0 Å². The van der Waals surface area contributed by atoms with Crippen LogP contribution in [0.5, 0.6) is 0 Å². The minimum Gasteiger partial charge on any atom is -0.392 e. The molecule has 78 valence electrons. The van der Waals surface area contributed by atoms with Gasteiger partial charge in [-0.25, -0.2) is 0 Å². The van der Waals surface area contributed by atoms with Crippen molar-refractivity contribution in [2.45, 2.75) is 38.3 Å². The van der Waals surface area contributed by atoms with Crippen LogP contribution in [0.3, 0.4) is 0 Å². The van der Waals surface area contributed by atoms with Crippen LogP contribution in [0, 0.1) is 0 Å². The molecule has 0 heterocycles. The Morgan fingerprint density at radius 1 is 1.29 bits per heavy atom. The van der Waals surface area contributed by atoms with E-state index in [0.29, 0.717) is 0 Å². The van der Waals surface area contributed by atoms with E-state index in [0.717, 1.165) is 19.3 Å². The summed E-state index contributed by atoms with van der Waals surface area (Å²) in [4.78, 5) is 0. The highest BCUT2D eigenvalue weighted by Gasteiger charge is 2.11. The summed E-state index contributed by atoms with van der Waals surface area (Å²) in [6.07, 6.45) is 2.10. The second-order valence-electron chi connectivity index (χ2n) is 3.66. The van der Waals surface area contributed by atoms with Gasteiger partial charge in [-0.1, -0.05) is 37.3 Å². The fraction of sp³-hybridized carbons (Fsp3) is 0.500. The largest absolute Gasteiger partial charge is 0.392 e. The summed E-state index contributed by atoms with van der Waals surface area (Å²) >= 11 is 0. The Labute approximate surface area is 85.8 Å². The molecule has 0 aliphatic rings.